The molecule has 1 aliphatic carbocycles. The molecule has 5 nitrogen and oxygen atoms in total. The van der Waals surface area contributed by atoms with Gasteiger partial charge in [-0.3, -0.25) is 14.5 Å². The van der Waals surface area contributed by atoms with Crippen LogP contribution in [0.3, 0.4) is 0 Å². The zero-order valence-corrected chi connectivity index (χ0v) is 10.2. The van der Waals surface area contributed by atoms with Gasteiger partial charge in [0.05, 0.1) is 12.5 Å². The zero-order valence-electron chi connectivity index (χ0n) is 10.2. The van der Waals surface area contributed by atoms with Gasteiger partial charge in [0.1, 0.15) is 0 Å². The summed E-state index contributed by atoms with van der Waals surface area (Å²) in [5.41, 5.74) is 0. The fourth-order valence-corrected chi connectivity index (χ4v) is 2.82. The van der Waals surface area contributed by atoms with E-state index < -0.39 is 12.0 Å². The minimum absolute atomic E-state index is 0.0882. The van der Waals surface area contributed by atoms with Gasteiger partial charge in [-0.1, -0.05) is 6.92 Å². The molecule has 2 unspecified atom stereocenters. The summed E-state index contributed by atoms with van der Waals surface area (Å²) in [5.74, 6) is -0.359. The van der Waals surface area contributed by atoms with Crippen LogP contribution in [-0.4, -0.2) is 47.1 Å². The van der Waals surface area contributed by atoms with Gasteiger partial charge in [0.15, 0.2) is 0 Å². The first-order valence-corrected chi connectivity index (χ1v) is 6.38. The zero-order chi connectivity index (χ0) is 12.4. The summed E-state index contributed by atoms with van der Waals surface area (Å²) in [6.07, 6.45) is 3.34. The number of hydrogen-bond acceptors (Lipinski definition) is 3. The predicted molar refractivity (Wildman–Crippen MR) is 62.6 cm³/mol. The average Bonchev–Trinajstić information content (AvgIpc) is 3.07. The Morgan fingerprint density at radius 1 is 1.59 bits per heavy atom. The Balaban J connectivity index is 2.09. The summed E-state index contributed by atoms with van der Waals surface area (Å²) in [4.78, 5) is 24.8. The van der Waals surface area contributed by atoms with Crippen molar-refractivity contribution in [3.05, 3.63) is 0 Å². The number of aliphatic carboxylic acids is 1. The number of piperazine rings is 1. The van der Waals surface area contributed by atoms with Crippen molar-refractivity contribution in [3.8, 4) is 0 Å². The van der Waals surface area contributed by atoms with Crippen molar-refractivity contribution >= 4 is 11.9 Å². The highest BCUT2D eigenvalue weighted by Crippen LogP contribution is 2.38. The van der Waals surface area contributed by atoms with Gasteiger partial charge in [0, 0.05) is 19.1 Å². The van der Waals surface area contributed by atoms with Crippen LogP contribution in [0, 0.1) is 5.92 Å². The summed E-state index contributed by atoms with van der Waals surface area (Å²) >= 11 is 0. The van der Waals surface area contributed by atoms with Crippen molar-refractivity contribution in [3.63, 3.8) is 0 Å². The Hall–Kier alpha value is -1.10. The number of carbonyl (C=O) groups is 2. The van der Waals surface area contributed by atoms with E-state index in [1.54, 1.807) is 0 Å². The topological polar surface area (TPSA) is 69.6 Å². The van der Waals surface area contributed by atoms with E-state index in [1.807, 2.05) is 0 Å². The molecule has 2 fully saturated rings. The first kappa shape index (κ1) is 12.4. The predicted octanol–water partition coefficient (Wildman–Crippen LogP) is 0.450. The van der Waals surface area contributed by atoms with Gasteiger partial charge in [-0.2, -0.15) is 0 Å². The van der Waals surface area contributed by atoms with Gasteiger partial charge < -0.3 is 10.4 Å². The van der Waals surface area contributed by atoms with E-state index in [0.717, 1.165) is 13.0 Å². The van der Waals surface area contributed by atoms with Gasteiger partial charge in [-0.15, -0.1) is 0 Å². The number of carbonyl (C=O) groups excluding carboxylic acids is 1. The Morgan fingerprint density at radius 2 is 2.29 bits per heavy atom. The maximum absolute atomic E-state index is 11.8. The van der Waals surface area contributed by atoms with Gasteiger partial charge in [0.25, 0.3) is 0 Å². The number of carboxylic acid groups (broad SMARTS) is 1. The molecule has 2 aliphatic rings. The standard InChI is InChI=1S/C12H20N2O3/c1-2-9(8-3-4-8)14-6-5-13-12(17)10(14)7-11(15)16/h8-10H,2-7H2,1H3,(H,13,17)(H,15,16). The highest BCUT2D eigenvalue weighted by molar-refractivity contribution is 5.86. The van der Waals surface area contributed by atoms with Crippen LogP contribution in [0.4, 0.5) is 0 Å². The van der Waals surface area contributed by atoms with Crippen LogP contribution in [-0.2, 0) is 9.59 Å². The van der Waals surface area contributed by atoms with Crippen LogP contribution in [0.5, 0.6) is 0 Å². The lowest BCUT2D eigenvalue weighted by molar-refractivity contribution is -0.144. The quantitative estimate of drug-likeness (QED) is 0.732. The summed E-state index contributed by atoms with van der Waals surface area (Å²) in [6, 6.07) is -0.0998. The number of amides is 1. The van der Waals surface area contributed by atoms with E-state index in [-0.39, 0.29) is 12.3 Å². The third-order valence-corrected chi connectivity index (χ3v) is 3.75. The first-order valence-electron chi connectivity index (χ1n) is 6.38. The van der Waals surface area contributed by atoms with Crippen LogP contribution in [0.1, 0.15) is 32.6 Å². The molecule has 1 saturated heterocycles. The molecule has 1 heterocycles. The molecule has 0 spiro atoms. The molecule has 0 aromatic carbocycles. The second-order valence-corrected chi connectivity index (χ2v) is 4.96. The minimum atomic E-state index is -0.900. The molecular formula is C12H20N2O3. The molecule has 2 rings (SSSR count). The highest BCUT2D eigenvalue weighted by Gasteiger charge is 2.41. The van der Waals surface area contributed by atoms with Crippen LogP contribution >= 0.6 is 0 Å². The molecule has 0 aromatic heterocycles. The van der Waals surface area contributed by atoms with E-state index >= 15 is 0 Å². The minimum Gasteiger partial charge on any atom is -0.481 e. The number of carboxylic acids is 1. The van der Waals surface area contributed by atoms with Crippen molar-refractivity contribution in [2.75, 3.05) is 13.1 Å². The SMILES string of the molecule is CCC(C1CC1)N1CCNC(=O)C1CC(=O)O. The largest absolute Gasteiger partial charge is 0.481 e. The van der Waals surface area contributed by atoms with E-state index in [1.165, 1.54) is 12.8 Å². The Labute approximate surface area is 101 Å². The van der Waals surface area contributed by atoms with Crippen LogP contribution in [0.2, 0.25) is 0 Å². The number of nitrogens with zero attached hydrogens (tertiary/aromatic N) is 1. The van der Waals surface area contributed by atoms with Crippen molar-refractivity contribution in [1.29, 1.82) is 0 Å². The van der Waals surface area contributed by atoms with Gasteiger partial charge in [-0.05, 0) is 25.2 Å². The fourth-order valence-electron chi connectivity index (χ4n) is 2.82. The van der Waals surface area contributed by atoms with Crippen LogP contribution in [0.25, 0.3) is 0 Å². The molecule has 0 radical (unpaired) electrons. The molecule has 96 valence electrons. The Morgan fingerprint density at radius 3 is 2.82 bits per heavy atom. The fraction of sp³-hybridized carbons (Fsp3) is 0.833. The van der Waals surface area contributed by atoms with Crippen molar-refractivity contribution < 1.29 is 14.7 Å². The monoisotopic (exact) mass is 240 g/mol. The second-order valence-electron chi connectivity index (χ2n) is 4.96. The summed E-state index contributed by atoms with van der Waals surface area (Å²) in [7, 11) is 0. The second kappa shape index (κ2) is 5.04. The third kappa shape index (κ3) is 2.77. The third-order valence-electron chi connectivity index (χ3n) is 3.75. The van der Waals surface area contributed by atoms with Crippen molar-refractivity contribution in [2.24, 2.45) is 5.92 Å². The molecule has 0 bridgehead atoms. The normalized spacial score (nSPS) is 27.6. The lowest BCUT2D eigenvalue weighted by atomic mass is 10.0. The van der Waals surface area contributed by atoms with Crippen LogP contribution in [0.15, 0.2) is 0 Å². The van der Waals surface area contributed by atoms with Crippen molar-refractivity contribution in [1.82, 2.24) is 10.2 Å². The molecule has 2 atom stereocenters. The van der Waals surface area contributed by atoms with Crippen LogP contribution < -0.4 is 5.32 Å². The molecule has 5 heteroatoms. The molecule has 17 heavy (non-hydrogen) atoms. The summed E-state index contributed by atoms with van der Waals surface area (Å²) in [5, 5.41) is 11.7. The maximum Gasteiger partial charge on any atom is 0.305 e. The Bertz CT molecular complexity index is 315. The molecule has 2 N–H and O–H groups in total. The maximum atomic E-state index is 11.8. The van der Waals surface area contributed by atoms with Crippen molar-refractivity contribution in [2.45, 2.75) is 44.7 Å². The van der Waals surface area contributed by atoms with E-state index in [4.69, 9.17) is 5.11 Å². The highest BCUT2D eigenvalue weighted by atomic mass is 16.4. The molecule has 1 aliphatic heterocycles. The van der Waals surface area contributed by atoms with Gasteiger partial charge in [-0.25, -0.2) is 0 Å². The smallest absolute Gasteiger partial charge is 0.305 e. The lowest BCUT2D eigenvalue weighted by Gasteiger charge is -2.40. The molecule has 0 aromatic rings. The molecular weight excluding hydrogens is 220 g/mol. The first-order chi connectivity index (χ1) is 8.13. The molecule has 1 saturated carbocycles. The van der Waals surface area contributed by atoms with E-state index in [0.29, 0.717) is 18.5 Å². The molecule has 1 amide bonds. The van der Waals surface area contributed by atoms with E-state index in [2.05, 4.69) is 17.1 Å². The summed E-state index contributed by atoms with van der Waals surface area (Å²) in [6.45, 7) is 3.53. The number of hydrogen-bond donors (Lipinski definition) is 2. The van der Waals surface area contributed by atoms with Gasteiger partial charge in [0.2, 0.25) is 5.91 Å². The Kier molecular flexibility index (Phi) is 3.66. The number of rotatable bonds is 5. The number of nitrogens with one attached hydrogen (secondary N) is 1. The average molecular weight is 240 g/mol. The lowest BCUT2D eigenvalue weighted by Crippen LogP contribution is -2.59. The van der Waals surface area contributed by atoms with E-state index in [9.17, 15) is 9.59 Å². The van der Waals surface area contributed by atoms with Gasteiger partial charge >= 0.3 is 5.97 Å². The summed E-state index contributed by atoms with van der Waals surface area (Å²) < 4.78 is 0.